The summed E-state index contributed by atoms with van der Waals surface area (Å²) in [6.45, 7) is 10.0. The number of rotatable bonds is 9. The second-order valence-corrected chi connectivity index (χ2v) is 9.69. The van der Waals surface area contributed by atoms with Gasteiger partial charge in [-0.1, -0.05) is 36.4 Å². The average molecular weight is 443 g/mol. The molecule has 2 aromatic carbocycles. The fourth-order valence-corrected chi connectivity index (χ4v) is 4.07. The Morgan fingerprint density at radius 1 is 1.10 bits per heavy atom. The van der Waals surface area contributed by atoms with E-state index in [9.17, 15) is 9.59 Å². The number of ether oxygens (including phenoxy) is 1. The monoisotopic (exact) mass is 442 g/mol. The van der Waals surface area contributed by atoms with Crippen LogP contribution in [0.1, 0.15) is 44.4 Å². The van der Waals surface area contributed by atoms with E-state index in [1.54, 1.807) is 30.7 Å². The zero-order chi connectivity index (χ0) is 23.0. The van der Waals surface area contributed by atoms with E-state index in [4.69, 9.17) is 4.74 Å². The Balaban J connectivity index is 2.11. The van der Waals surface area contributed by atoms with Gasteiger partial charge in [-0.05, 0) is 63.4 Å². The van der Waals surface area contributed by atoms with Crippen molar-refractivity contribution in [1.82, 2.24) is 10.2 Å². The minimum Gasteiger partial charge on any atom is -0.497 e. The van der Waals surface area contributed by atoms with Crippen LogP contribution in [-0.4, -0.2) is 41.2 Å². The number of aryl methyl sites for hydroxylation is 1. The van der Waals surface area contributed by atoms with E-state index in [0.29, 0.717) is 12.3 Å². The molecular weight excluding hydrogens is 408 g/mol. The molecule has 0 saturated heterocycles. The van der Waals surface area contributed by atoms with E-state index in [0.717, 1.165) is 17.1 Å². The van der Waals surface area contributed by atoms with Crippen molar-refractivity contribution in [2.24, 2.45) is 0 Å². The molecule has 0 heterocycles. The second kappa shape index (κ2) is 11.2. The maximum absolute atomic E-state index is 13.2. The molecular formula is C25H34N2O3S. The third-order valence-electron chi connectivity index (χ3n) is 4.92. The predicted molar refractivity (Wildman–Crippen MR) is 128 cm³/mol. The van der Waals surface area contributed by atoms with Gasteiger partial charge in [0.25, 0.3) is 0 Å². The van der Waals surface area contributed by atoms with Crippen molar-refractivity contribution in [3.05, 3.63) is 65.2 Å². The number of methoxy groups -OCH3 is 1. The minimum absolute atomic E-state index is 0.0500. The summed E-state index contributed by atoms with van der Waals surface area (Å²) in [4.78, 5) is 27.6. The summed E-state index contributed by atoms with van der Waals surface area (Å²) in [6.07, 6.45) is 0. The molecule has 1 N–H and O–H groups in total. The Morgan fingerprint density at radius 2 is 1.74 bits per heavy atom. The summed E-state index contributed by atoms with van der Waals surface area (Å²) in [7, 11) is 1.62. The zero-order valence-electron chi connectivity index (χ0n) is 19.4. The van der Waals surface area contributed by atoms with Crippen molar-refractivity contribution in [1.29, 1.82) is 0 Å². The maximum Gasteiger partial charge on any atom is 0.242 e. The van der Waals surface area contributed by atoms with Gasteiger partial charge in [-0.25, -0.2) is 0 Å². The Hall–Kier alpha value is -2.47. The lowest BCUT2D eigenvalue weighted by Gasteiger charge is -2.31. The van der Waals surface area contributed by atoms with Gasteiger partial charge in [-0.15, -0.1) is 11.8 Å². The Bertz CT molecular complexity index is 875. The van der Waals surface area contributed by atoms with Gasteiger partial charge in [0, 0.05) is 17.8 Å². The maximum atomic E-state index is 13.2. The van der Waals surface area contributed by atoms with Gasteiger partial charge >= 0.3 is 0 Å². The van der Waals surface area contributed by atoms with Crippen LogP contribution in [-0.2, 0) is 21.9 Å². The second-order valence-electron chi connectivity index (χ2n) is 8.70. The van der Waals surface area contributed by atoms with Gasteiger partial charge < -0.3 is 15.0 Å². The normalized spacial score (nSPS) is 12.2. The highest BCUT2D eigenvalue weighted by Gasteiger charge is 2.28. The molecule has 0 radical (unpaired) electrons. The van der Waals surface area contributed by atoms with E-state index < -0.39 is 6.04 Å². The number of nitrogens with one attached hydrogen (secondary N) is 1. The lowest BCUT2D eigenvalue weighted by Crippen LogP contribution is -2.52. The van der Waals surface area contributed by atoms with E-state index in [1.807, 2.05) is 57.2 Å². The van der Waals surface area contributed by atoms with Crippen molar-refractivity contribution in [2.45, 2.75) is 58.5 Å². The van der Waals surface area contributed by atoms with Crippen LogP contribution in [0.25, 0.3) is 0 Å². The number of nitrogens with zero attached hydrogens (tertiary/aromatic N) is 1. The molecule has 0 aliphatic carbocycles. The van der Waals surface area contributed by atoms with Crippen LogP contribution < -0.4 is 10.1 Å². The average Bonchev–Trinajstić information content (AvgIpc) is 2.72. The molecule has 1 atom stereocenters. The number of thioether (sulfide) groups is 1. The summed E-state index contributed by atoms with van der Waals surface area (Å²) in [5, 5.41) is 2.99. The van der Waals surface area contributed by atoms with Gasteiger partial charge in [0.2, 0.25) is 11.8 Å². The zero-order valence-corrected chi connectivity index (χ0v) is 20.2. The summed E-state index contributed by atoms with van der Waals surface area (Å²) < 4.78 is 5.22. The topological polar surface area (TPSA) is 58.6 Å². The number of benzene rings is 2. The number of carbonyl (C=O) groups excluding carboxylic acids is 2. The van der Waals surface area contributed by atoms with Crippen molar-refractivity contribution in [3.63, 3.8) is 0 Å². The van der Waals surface area contributed by atoms with Gasteiger partial charge in [-0.3, -0.25) is 9.59 Å². The van der Waals surface area contributed by atoms with Crippen LogP contribution >= 0.6 is 11.8 Å². The summed E-state index contributed by atoms with van der Waals surface area (Å²) in [5.41, 5.74) is 3.03. The van der Waals surface area contributed by atoms with Crippen molar-refractivity contribution < 1.29 is 14.3 Å². The van der Waals surface area contributed by atoms with Crippen LogP contribution in [0.15, 0.2) is 48.5 Å². The van der Waals surface area contributed by atoms with Crippen molar-refractivity contribution in [3.8, 4) is 5.75 Å². The molecule has 5 nitrogen and oxygen atoms in total. The lowest BCUT2D eigenvalue weighted by molar-refractivity contribution is -0.139. The van der Waals surface area contributed by atoms with E-state index >= 15 is 0 Å². The Labute approximate surface area is 190 Å². The third-order valence-corrected chi connectivity index (χ3v) is 5.89. The van der Waals surface area contributed by atoms with Crippen molar-refractivity contribution in [2.75, 3.05) is 12.9 Å². The summed E-state index contributed by atoms with van der Waals surface area (Å²) in [5.74, 6) is 1.63. The quantitative estimate of drug-likeness (QED) is 0.618. The predicted octanol–water partition coefficient (Wildman–Crippen LogP) is 4.57. The first-order valence-corrected chi connectivity index (χ1v) is 11.6. The fourth-order valence-electron chi connectivity index (χ4n) is 3.09. The van der Waals surface area contributed by atoms with Crippen LogP contribution in [0.4, 0.5) is 0 Å². The van der Waals surface area contributed by atoms with Gasteiger partial charge in [0.15, 0.2) is 0 Å². The fraction of sp³-hybridized carbons (Fsp3) is 0.440. The first-order valence-electron chi connectivity index (χ1n) is 10.5. The van der Waals surface area contributed by atoms with Crippen LogP contribution in [0.5, 0.6) is 5.75 Å². The molecule has 0 fully saturated rings. The number of amides is 2. The Morgan fingerprint density at radius 3 is 2.32 bits per heavy atom. The Kier molecular flexibility index (Phi) is 8.99. The summed E-state index contributed by atoms with van der Waals surface area (Å²) >= 11 is 1.57. The highest BCUT2D eigenvalue weighted by molar-refractivity contribution is 7.99. The molecule has 0 aliphatic rings. The lowest BCUT2D eigenvalue weighted by atomic mass is 10.1. The highest BCUT2D eigenvalue weighted by atomic mass is 32.2. The largest absolute Gasteiger partial charge is 0.497 e. The molecule has 2 aromatic rings. The molecule has 0 spiro atoms. The van der Waals surface area contributed by atoms with Crippen molar-refractivity contribution >= 4 is 23.6 Å². The molecule has 2 amide bonds. The first-order chi connectivity index (χ1) is 14.6. The molecule has 0 saturated carbocycles. The minimum atomic E-state index is -0.576. The van der Waals surface area contributed by atoms with Crippen LogP contribution in [0, 0.1) is 6.92 Å². The standard InChI is InChI=1S/C25H34N2O3S/c1-18-9-7-8-10-21(18)16-31-17-23(28)27(19(2)24(29)26-25(3,4)5)15-20-11-13-22(30-6)14-12-20/h7-14,19H,15-17H2,1-6H3,(H,26,29)/t19-/m0/s1. The van der Waals surface area contributed by atoms with E-state index in [-0.39, 0.29) is 17.4 Å². The highest BCUT2D eigenvalue weighted by Crippen LogP contribution is 2.19. The molecule has 0 bridgehead atoms. The van der Waals surface area contributed by atoms with Gasteiger partial charge in [-0.2, -0.15) is 0 Å². The molecule has 31 heavy (non-hydrogen) atoms. The van der Waals surface area contributed by atoms with E-state index in [2.05, 4.69) is 24.4 Å². The van der Waals surface area contributed by atoms with Gasteiger partial charge in [0.05, 0.1) is 12.9 Å². The molecule has 0 unspecified atom stereocenters. The molecule has 0 aromatic heterocycles. The van der Waals surface area contributed by atoms with Crippen LogP contribution in [0.3, 0.4) is 0 Å². The molecule has 168 valence electrons. The third kappa shape index (κ3) is 7.94. The van der Waals surface area contributed by atoms with Crippen LogP contribution in [0.2, 0.25) is 0 Å². The first kappa shape index (κ1) is 24.8. The molecule has 6 heteroatoms. The number of hydrogen-bond acceptors (Lipinski definition) is 4. The summed E-state index contributed by atoms with van der Waals surface area (Å²) in [6, 6.07) is 15.2. The number of hydrogen-bond donors (Lipinski definition) is 1. The van der Waals surface area contributed by atoms with E-state index in [1.165, 1.54) is 11.1 Å². The number of carbonyl (C=O) groups is 2. The molecule has 0 aliphatic heterocycles. The van der Waals surface area contributed by atoms with Gasteiger partial charge in [0.1, 0.15) is 11.8 Å². The smallest absolute Gasteiger partial charge is 0.242 e. The molecule has 2 rings (SSSR count). The SMILES string of the molecule is COc1ccc(CN(C(=O)CSCc2ccccc2C)[C@@H](C)C(=O)NC(C)(C)C)cc1.